The minimum atomic E-state index is 0.0421. The fourth-order valence-corrected chi connectivity index (χ4v) is 3.57. The molecule has 0 atom stereocenters. The summed E-state index contributed by atoms with van der Waals surface area (Å²) in [5.41, 5.74) is 1.64. The summed E-state index contributed by atoms with van der Waals surface area (Å²) in [6.07, 6.45) is 3.71. The SMILES string of the molecule is COc1ccc(C(=O)N2CCN(c3nccn3-c3cccc(Cl)c3)CC2)cc1. The number of ether oxygens (including phenoxy) is 1. The highest BCUT2D eigenvalue weighted by atomic mass is 35.5. The molecule has 4 rings (SSSR count). The number of aromatic nitrogens is 2. The van der Waals surface area contributed by atoms with Crippen LogP contribution in [0.2, 0.25) is 5.02 Å². The smallest absolute Gasteiger partial charge is 0.253 e. The topological polar surface area (TPSA) is 50.6 Å². The van der Waals surface area contributed by atoms with Gasteiger partial charge >= 0.3 is 0 Å². The van der Waals surface area contributed by atoms with Crippen molar-refractivity contribution in [2.24, 2.45) is 0 Å². The monoisotopic (exact) mass is 396 g/mol. The van der Waals surface area contributed by atoms with Crippen molar-refractivity contribution in [2.45, 2.75) is 0 Å². The van der Waals surface area contributed by atoms with Gasteiger partial charge in [-0.3, -0.25) is 9.36 Å². The van der Waals surface area contributed by atoms with Crippen LogP contribution in [-0.2, 0) is 0 Å². The van der Waals surface area contributed by atoms with Gasteiger partial charge in [0.15, 0.2) is 0 Å². The van der Waals surface area contributed by atoms with E-state index in [9.17, 15) is 4.79 Å². The number of hydrogen-bond donors (Lipinski definition) is 0. The van der Waals surface area contributed by atoms with Gasteiger partial charge in [-0.1, -0.05) is 17.7 Å². The molecule has 2 aromatic carbocycles. The lowest BCUT2D eigenvalue weighted by Crippen LogP contribution is -2.49. The van der Waals surface area contributed by atoms with Crippen LogP contribution in [0.15, 0.2) is 60.9 Å². The average molecular weight is 397 g/mol. The van der Waals surface area contributed by atoms with Gasteiger partial charge in [0.05, 0.1) is 7.11 Å². The van der Waals surface area contributed by atoms with Gasteiger partial charge in [0.25, 0.3) is 5.91 Å². The Morgan fingerprint density at radius 1 is 1.07 bits per heavy atom. The van der Waals surface area contributed by atoms with E-state index in [1.165, 1.54) is 0 Å². The van der Waals surface area contributed by atoms with Gasteiger partial charge in [-0.25, -0.2) is 4.98 Å². The fourth-order valence-electron chi connectivity index (χ4n) is 3.38. The quantitative estimate of drug-likeness (QED) is 0.677. The molecule has 1 saturated heterocycles. The van der Waals surface area contributed by atoms with Crippen LogP contribution in [0, 0.1) is 0 Å². The number of anilines is 1. The van der Waals surface area contributed by atoms with Crippen molar-refractivity contribution >= 4 is 23.5 Å². The minimum Gasteiger partial charge on any atom is -0.497 e. The van der Waals surface area contributed by atoms with E-state index < -0.39 is 0 Å². The summed E-state index contributed by atoms with van der Waals surface area (Å²) < 4.78 is 7.18. The van der Waals surface area contributed by atoms with Crippen molar-refractivity contribution in [1.82, 2.24) is 14.5 Å². The molecule has 1 aliphatic heterocycles. The van der Waals surface area contributed by atoms with Gasteiger partial charge in [-0.15, -0.1) is 0 Å². The number of piperazine rings is 1. The summed E-state index contributed by atoms with van der Waals surface area (Å²) in [6.45, 7) is 2.74. The maximum Gasteiger partial charge on any atom is 0.253 e. The fraction of sp³-hybridized carbons (Fsp3) is 0.238. The first kappa shape index (κ1) is 18.4. The van der Waals surface area contributed by atoms with E-state index in [4.69, 9.17) is 16.3 Å². The summed E-state index contributed by atoms with van der Waals surface area (Å²) in [6, 6.07) is 14.9. The second kappa shape index (κ2) is 7.94. The van der Waals surface area contributed by atoms with E-state index in [1.54, 1.807) is 25.4 Å². The lowest BCUT2D eigenvalue weighted by atomic mass is 10.1. The Hall–Kier alpha value is -2.99. The van der Waals surface area contributed by atoms with Gasteiger partial charge in [-0.2, -0.15) is 0 Å². The summed E-state index contributed by atoms with van der Waals surface area (Å²) in [5.74, 6) is 1.65. The van der Waals surface area contributed by atoms with Crippen LogP contribution in [0.3, 0.4) is 0 Å². The summed E-state index contributed by atoms with van der Waals surface area (Å²) in [5, 5.41) is 0.687. The van der Waals surface area contributed by atoms with Crippen molar-refractivity contribution in [1.29, 1.82) is 0 Å². The van der Waals surface area contributed by atoms with Crippen LogP contribution in [0.5, 0.6) is 5.75 Å². The zero-order valence-electron chi connectivity index (χ0n) is 15.6. The highest BCUT2D eigenvalue weighted by molar-refractivity contribution is 6.30. The highest BCUT2D eigenvalue weighted by Gasteiger charge is 2.24. The second-order valence-corrected chi connectivity index (χ2v) is 7.02. The molecule has 1 aliphatic rings. The molecule has 6 nitrogen and oxygen atoms in total. The molecule has 28 heavy (non-hydrogen) atoms. The Balaban J connectivity index is 1.45. The molecule has 1 fully saturated rings. The number of amides is 1. The summed E-state index contributed by atoms with van der Waals surface area (Å²) in [4.78, 5) is 21.3. The van der Waals surface area contributed by atoms with Gasteiger partial charge in [0.1, 0.15) is 5.75 Å². The largest absolute Gasteiger partial charge is 0.497 e. The Morgan fingerprint density at radius 3 is 2.50 bits per heavy atom. The molecular weight excluding hydrogens is 376 g/mol. The average Bonchev–Trinajstić information content (AvgIpc) is 3.23. The lowest BCUT2D eigenvalue weighted by molar-refractivity contribution is 0.0746. The van der Waals surface area contributed by atoms with Crippen molar-refractivity contribution in [3.05, 3.63) is 71.5 Å². The zero-order chi connectivity index (χ0) is 19.5. The first-order chi connectivity index (χ1) is 13.7. The van der Waals surface area contributed by atoms with Gasteiger partial charge in [0, 0.05) is 54.8 Å². The molecule has 0 unspecified atom stereocenters. The van der Waals surface area contributed by atoms with E-state index in [-0.39, 0.29) is 5.91 Å². The standard InChI is InChI=1S/C21H21ClN4O2/c1-28-19-7-5-16(6-8-19)20(27)24-11-13-25(14-12-24)21-23-9-10-26(21)18-4-2-3-17(22)15-18/h2-10,15H,11-14H2,1H3. The number of rotatable bonds is 4. The number of nitrogens with zero attached hydrogens (tertiary/aromatic N) is 4. The van der Waals surface area contributed by atoms with Gasteiger partial charge < -0.3 is 14.5 Å². The normalized spacial score (nSPS) is 14.2. The third-order valence-corrected chi connectivity index (χ3v) is 5.13. The predicted molar refractivity (Wildman–Crippen MR) is 110 cm³/mol. The molecule has 0 aliphatic carbocycles. The minimum absolute atomic E-state index is 0.0421. The van der Waals surface area contributed by atoms with E-state index in [0.29, 0.717) is 23.7 Å². The van der Waals surface area contributed by atoms with E-state index >= 15 is 0 Å². The molecule has 0 saturated carbocycles. The van der Waals surface area contributed by atoms with Crippen LogP contribution < -0.4 is 9.64 Å². The molecule has 0 spiro atoms. The number of carbonyl (C=O) groups is 1. The molecule has 2 heterocycles. The Labute approximate surface area is 168 Å². The summed E-state index contributed by atoms with van der Waals surface area (Å²) in [7, 11) is 1.61. The molecule has 1 amide bonds. The molecule has 0 N–H and O–H groups in total. The third-order valence-electron chi connectivity index (χ3n) is 4.89. The number of halogens is 1. The van der Waals surface area contributed by atoms with Crippen molar-refractivity contribution in [3.8, 4) is 11.4 Å². The Bertz CT molecular complexity index is 963. The molecule has 7 heteroatoms. The van der Waals surface area contributed by atoms with E-state index in [0.717, 1.165) is 30.5 Å². The van der Waals surface area contributed by atoms with E-state index in [2.05, 4.69) is 9.88 Å². The van der Waals surface area contributed by atoms with Crippen LogP contribution in [0.1, 0.15) is 10.4 Å². The Morgan fingerprint density at radius 2 is 1.82 bits per heavy atom. The second-order valence-electron chi connectivity index (χ2n) is 6.58. The Kier molecular flexibility index (Phi) is 5.21. The van der Waals surface area contributed by atoms with E-state index in [1.807, 2.05) is 52.1 Å². The first-order valence-electron chi connectivity index (χ1n) is 9.13. The van der Waals surface area contributed by atoms with Crippen LogP contribution >= 0.6 is 11.6 Å². The van der Waals surface area contributed by atoms with Crippen molar-refractivity contribution in [2.75, 3.05) is 38.2 Å². The first-order valence-corrected chi connectivity index (χ1v) is 9.51. The van der Waals surface area contributed by atoms with Gasteiger partial charge in [0.2, 0.25) is 5.95 Å². The summed E-state index contributed by atoms with van der Waals surface area (Å²) >= 11 is 6.13. The van der Waals surface area contributed by atoms with Crippen molar-refractivity contribution in [3.63, 3.8) is 0 Å². The van der Waals surface area contributed by atoms with Gasteiger partial charge in [-0.05, 0) is 42.5 Å². The number of hydrogen-bond acceptors (Lipinski definition) is 4. The molecule has 3 aromatic rings. The molecule has 0 radical (unpaired) electrons. The van der Waals surface area contributed by atoms with Crippen LogP contribution in [0.4, 0.5) is 5.95 Å². The lowest BCUT2D eigenvalue weighted by Gasteiger charge is -2.35. The highest BCUT2D eigenvalue weighted by Crippen LogP contribution is 2.22. The number of methoxy groups -OCH3 is 1. The molecule has 0 bridgehead atoms. The van der Waals surface area contributed by atoms with Crippen molar-refractivity contribution < 1.29 is 9.53 Å². The molecular formula is C21H21ClN4O2. The maximum atomic E-state index is 12.7. The zero-order valence-corrected chi connectivity index (χ0v) is 16.3. The maximum absolute atomic E-state index is 12.7. The number of imidazole rings is 1. The third kappa shape index (κ3) is 3.68. The number of benzene rings is 2. The van der Waals surface area contributed by atoms with Crippen LogP contribution in [0.25, 0.3) is 5.69 Å². The predicted octanol–water partition coefficient (Wildman–Crippen LogP) is 3.50. The number of carbonyl (C=O) groups excluding carboxylic acids is 1. The molecule has 144 valence electrons. The van der Waals surface area contributed by atoms with Crippen LogP contribution in [-0.4, -0.2) is 53.6 Å². The molecule has 1 aromatic heterocycles.